The van der Waals surface area contributed by atoms with Crippen LogP contribution in [0.2, 0.25) is 0 Å². The van der Waals surface area contributed by atoms with E-state index in [4.69, 9.17) is 10.00 Å². The van der Waals surface area contributed by atoms with Gasteiger partial charge in [-0.25, -0.2) is 14.4 Å². The summed E-state index contributed by atoms with van der Waals surface area (Å²) in [5.41, 5.74) is 1.04. The van der Waals surface area contributed by atoms with E-state index in [9.17, 15) is 0 Å². The molecule has 162 valence electrons. The monoisotopic (exact) mass is 443 g/mol. The lowest BCUT2D eigenvalue weighted by molar-refractivity contribution is 0.0672. The van der Waals surface area contributed by atoms with Gasteiger partial charge in [0.05, 0.1) is 25.2 Å². The number of piperidine rings is 1. The summed E-state index contributed by atoms with van der Waals surface area (Å²) >= 11 is 0. The molecule has 1 fully saturated rings. The van der Waals surface area contributed by atoms with Gasteiger partial charge in [-0.3, -0.25) is 5.10 Å². The number of benzene rings is 1. The van der Waals surface area contributed by atoms with Gasteiger partial charge >= 0.3 is 0 Å². The van der Waals surface area contributed by atoms with Crippen molar-refractivity contribution in [3.63, 3.8) is 0 Å². The molecule has 0 spiro atoms. The van der Waals surface area contributed by atoms with E-state index in [1.807, 2.05) is 25.2 Å². The highest BCUT2D eigenvalue weighted by Crippen LogP contribution is 2.40. The van der Waals surface area contributed by atoms with E-state index in [0.717, 1.165) is 24.3 Å². The van der Waals surface area contributed by atoms with Crippen molar-refractivity contribution in [1.29, 1.82) is 5.26 Å². The number of ether oxygens (including phenoxy) is 1. The molecule has 1 saturated heterocycles. The molecule has 3 aromatic rings. The largest absolute Gasteiger partial charge is 0.496 e. The normalized spacial score (nSPS) is 15.5. The molecule has 1 aliphatic heterocycles. The molecular weight excluding hydrogens is 421 g/mol. The molecule has 2 N–H and O–H groups in total. The van der Waals surface area contributed by atoms with Crippen molar-refractivity contribution < 1.29 is 9.13 Å². The maximum atomic E-state index is 15.5. The summed E-state index contributed by atoms with van der Waals surface area (Å²) in [5, 5.41) is 19.0. The second kappa shape index (κ2) is 9.29. The van der Waals surface area contributed by atoms with Gasteiger partial charge in [0.2, 0.25) is 0 Å². The zero-order chi connectivity index (χ0) is 21.1. The van der Waals surface area contributed by atoms with Crippen molar-refractivity contribution in [2.24, 2.45) is 0 Å². The van der Waals surface area contributed by atoms with Crippen molar-refractivity contribution in [2.45, 2.75) is 18.5 Å². The van der Waals surface area contributed by atoms with Crippen molar-refractivity contribution in [1.82, 2.24) is 25.1 Å². The number of methoxy groups -OCH3 is 1. The highest BCUT2D eigenvalue weighted by atomic mass is 35.5. The highest BCUT2D eigenvalue weighted by molar-refractivity contribution is 5.85. The third-order valence-corrected chi connectivity index (χ3v) is 5.39. The number of aromatic nitrogens is 4. The zero-order valence-corrected chi connectivity index (χ0v) is 18.0. The van der Waals surface area contributed by atoms with Crippen LogP contribution in [0.25, 0.3) is 11.3 Å². The van der Waals surface area contributed by atoms with Crippen LogP contribution in [0.3, 0.4) is 0 Å². The number of nitriles is 1. The van der Waals surface area contributed by atoms with Crippen LogP contribution in [0.15, 0.2) is 36.7 Å². The van der Waals surface area contributed by atoms with Gasteiger partial charge in [0.1, 0.15) is 23.3 Å². The predicted octanol–water partition coefficient (Wildman–Crippen LogP) is 3.80. The average molecular weight is 444 g/mol. The van der Waals surface area contributed by atoms with Gasteiger partial charge in [-0.1, -0.05) is 6.07 Å². The van der Waals surface area contributed by atoms with E-state index in [0.29, 0.717) is 35.8 Å². The molecule has 3 heterocycles. The van der Waals surface area contributed by atoms with E-state index < -0.39 is 5.67 Å². The summed E-state index contributed by atoms with van der Waals surface area (Å²) in [6.07, 6.45) is 3.78. The lowest BCUT2D eigenvalue weighted by atomic mass is 9.85. The minimum Gasteiger partial charge on any atom is -0.496 e. The number of nitrogens with zero attached hydrogens (tertiary/aromatic N) is 5. The van der Waals surface area contributed by atoms with Gasteiger partial charge in [0.25, 0.3) is 0 Å². The smallest absolute Gasteiger partial charge is 0.158 e. The topological polar surface area (TPSA) is 103 Å². The molecule has 0 aliphatic carbocycles. The Balaban J connectivity index is 0.00000272. The van der Waals surface area contributed by atoms with E-state index >= 15 is 4.39 Å². The van der Waals surface area contributed by atoms with Gasteiger partial charge in [0.15, 0.2) is 11.5 Å². The van der Waals surface area contributed by atoms with Crippen molar-refractivity contribution in [3.8, 4) is 23.1 Å². The first kappa shape index (κ1) is 22.5. The predicted molar refractivity (Wildman–Crippen MR) is 117 cm³/mol. The van der Waals surface area contributed by atoms with Crippen LogP contribution < -0.4 is 10.1 Å². The van der Waals surface area contributed by atoms with Crippen LogP contribution in [0, 0.1) is 11.3 Å². The second-order valence-corrected chi connectivity index (χ2v) is 7.37. The SMILES string of the molecule is COc1cc(C2(F)CCN(C)CC2)ccc1-c1cc(Nc2cnc(C#N)cn2)n[nH]1.Cl. The molecule has 0 saturated carbocycles. The van der Waals surface area contributed by atoms with E-state index in [1.54, 1.807) is 19.2 Å². The standard InChI is InChI=1S/C21H22FN7O.ClH/c1-29-7-5-21(22,6-8-29)14-3-4-16(18(9-14)30-2)17-10-19(28-27-17)26-20-13-24-15(11-23)12-25-20;/h3-4,9-10,12-13H,5-8H2,1-2H3,(H2,25,26,27,28);1H. The number of rotatable bonds is 5. The Morgan fingerprint density at radius 2 is 1.97 bits per heavy atom. The first-order valence-corrected chi connectivity index (χ1v) is 9.62. The Labute approximate surface area is 185 Å². The number of halogens is 2. The number of hydrogen-bond donors (Lipinski definition) is 2. The van der Waals surface area contributed by atoms with Crippen LogP contribution in [0.1, 0.15) is 24.1 Å². The number of alkyl halides is 1. The average Bonchev–Trinajstić information content (AvgIpc) is 3.24. The Hall–Kier alpha value is -3.22. The summed E-state index contributed by atoms with van der Waals surface area (Å²) < 4.78 is 21.0. The van der Waals surface area contributed by atoms with E-state index in [2.05, 4.69) is 30.4 Å². The van der Waals surface area contributed by atoms with Crippen molar-refractivity contribution >= 4 is 24.0 Å². The number of anilines is 2. The second-order valence-electron chi connectivity index (χ2n) is 7.37. The van der Waals surface area contributed by atoms with Gasteiger partial charge < -0.3 is 15.0 Å². The Morgan fingerprint density at radius 3 is 2.61 bits per heavy atom. The number of likely N-dealkylation sites (tertiary alicyclic amines) is 1. The van der Waals surface area contributed by atoms with E-state index in [-0.39, 0.29) is 18.1 Å². The Morgan fingerprint density at radius 1 is 1.19 bits per heavy atom. The van der Waals surface area contributed by atoms with E-state index in [1.165, 1.54) is 12.4 Å². The number of hydrogen-bond acceptors (Lipinski definition) is 7. The van der Waals surface area contributed by atoms with Gasteiger partial charge in [-0.15, -0.1) is 12.4 Å². The third kappa shape index (κ3) is 4.76. The summed E-state index contributed by atoms with van der Waals surface area (Å²) in [6, 6.07) is 9.18. The fourth-order valence-electron chi connectivity index (χ4n) is 3.56. The maximum absolute atomic E-state index is 15.5. The Bertz CT molecular complexity index is 1070. The molecule has 10 heteroatoms. The van der Waals surface area contributed by atoms with Crippen molar-refractivity contribution in [2.75, 3.05) is 32.6 Å². The molecule has 8 nitrogen and oxygen atoms in total. The first-order chi connectivity index (χ1) is 14.5. The van der Waals surface area contributed by atoms with Crippen LogP contribution in [0.5, 0.6) is 5.75 Å². The lowest BCUT2D eigenvalue weighted by Gasteiger charge is -2.35. The molecule has 4 rings (SSSR count). The zero-order valence-electron chi connectivity index (χ0n) is 17.2. The fraction of sp³-hybridized carbons (Fsp3) is 0.333. The molecule has 0 bridgehead atoms. The van der Waals surface area contributed by atoms with Crippen LogP contribution >= 0.6 is 12.4 Å². The molecule has 1 aromatic carbocycles. The summed E-state index contributed by atoms with van der Waals surface area (Å²) in [6.45, 7) is 1.46. The lowest BCUT2D eigenvalue weighted by Crippen LogP contribution is -2.38. The molecule has 0 atom stereocenters. The highest BCUT2D eigenvalue weighted by Gasteiger charge is 2.36. The van der Waals surface area contributed by atoms with Crippen LogP contribution in [-0.4, -0.2) is 52.3 Å². The maximum Gasteiger partial charge on any atom is 0.158 e. The minimum atomic E-state index is -1.34. The molecule has 0 amide bonds. The van der Waals surface area contributed by atoms with Crippen LogP contribution in [-0.2, 0) is 5.67 Å². The molecule has 1 aliphatic rings. The summed E-state index contributed by atoms with van der Waals surface area (Å²) in [5.74, 6) is 1.58. The van der Waals surface area contributed by atoms with Crippen LogP contribution in [0.4, 0.5) is 16.0 Å². The van der Waals surface area contributed by atoms with Gasteiger partial charge in [-0.2, -0.15) is 10.4 Å². The third-order valence-electron chi connectivity index (χ3n) is 5.39. The minimum absolute atomic E-state index is 0. The Kier molecular flexibility index (Phi) is 6.73. The fourth-order valence-corrected chi connectivity index (χ4v) is 3.56. The summed E-state index contributed by atoms with van der Waals surface area (Å²) in [7, 11) is 3.58. The molecule has 31 heavy (non-hydrogen) atoms. The number of H-pyrrole nitrogens is 1. The molecule has 2 aromatic heterocycles. The van der Waals surface area contributed by atoms with Gasteiger partial charge in [0, 0.05) is 24.7 Å². The molecular formula is C21H23ClFN7O. The molecule has 0 unspecified atom stereocenters. The molecule has 0 radical (unpaired) electrons. The van der Waals surface area contributed by atoms with Crippen molar-refractivity contribution in [3.05, 3.63) is 47.9 Å². The number of nitrogens with one attached hydrogen (secondary N) is 2. The summed E-state index contributed by atoms with van der Waals surface area (Å²) in [4.78, 5) is 10.2. The number of aromatic amines is 1. The first-order valence-electron chi connectivity index (χ1n) is 9.62. The quantitative estimate of drug-likeness (QED) is 0.618. The van der Waals surface area contributed by atoms with Gasteiger partial charge in [-0.05, 0) is 37.6 Å².